The predicted octanol–water partition coefficient (Wildman–Crippen LogP) is 11.7. The number of nitrogens with one attached hydrogen (secondary N) is 1. The fourth-order valence-electron chi connectivity index (χ4n) is 3.62. The summed E-state index contributed by atoms with van der Waals surface area (Å²) in [6.07, 6.45) is 22.9. The van der Waals surface area contributed by atoms with E-state index in [1.54, 1.807) is 0 Å². The Morgan fingerprint density at radius 3 is 0.848 bits per heavy atom. The molecule has 2 aromatic rings. The molecular formula is C32H55N. The Morgan fingerprint density at radius 1 is 0.364 bits per heavy atom. The topological polar surface area (TPSA) is 12.0 Å². The van der Waals surface area contributed by atoms with E-state index in [0.29, 0.717) is 0 Å². The quantitative estimate of drug-likeness (QED) is 0.249. The van der Waals surface area contributed by atoms with Crippen molar-refractivity contribution in [3.05, 3.63) is 60.7 Å². The number of anilines is 2. The van der Waals surface area contributed by atoms with Crippen molar-refractivity contribution in [3.63, 3.8) is 0 Å². The number of unbranched alkanes of at least 4 members (excludes halogenated alkanes) is 14. The van der Waals surface area contributed by atoms with Crippen molar-refractivity contribution < 1.29 is 0 Å². The van der Waals surface area contributed by atoms with Crippen LogP contribution in [0.4, 0.5) is 11.4 Å². The lowest BCUT2D eigenvalue weighted by Gasteiger charge is -2.04. The summed E-state index contributed by atoms with van der Waals surface area (Å²) in [7, 11) is 0. The highest BCUT2D eigenvalue weighted by molar-refractivity contribution is 5.58. The number of para-hydroxylation sites is 2. The van der Waals surface area contributed by atoms with Crippen LogP contribution < -0.4 is 5.32 Å². The van der Waals surface area contributed by atoms with Crippen LogP contribution in [0.25, 0.3) is 0 Å². The Hall–Kier alpha value is -1.76. The molecule has 0 radical (unpaired) electrons. The molecule has 0 unspecified atom stereocenters. The van der Waals surface area contributed by atoms with E-state index in [4.69, 9.17) is 0 Å². The van der Waals surface area contributed by atoms with E-state index in [9.17, 15) is 0 Å². The van der Waals surface area contributed by atoms with Crippen LogP contribution in [0.5, 0.6) is 0 Å². The molecule has 0 spiro atoms. The van der Waals surface area contributed by atoms with Crippen molar-refractivity contribution in [2.24, 2.45) is 0 Å². The van der Waals surface area contributed by atoms with E-state index < -0.39 is 0 Å². The molecule has 0 atom stereocenters. The van der Waals surface area contributed by atoms with E-state index in [-0.39, 0.29) is 0 Å². The summed E-state index contributed by atoms with van der Waals surface area (Å²) in [4.78, 5) is 0. The lowest BCUT2D eigenvalue weighted by atomic mass is 10.1. The van der Waals surface area contributed by atoms with Crippen molar-refractivity contribution in [1.82, 2.24) is 0 Å². The third kappa shape index (κ3) is 23.2. The average molecular weight is 454 g/mol. The summed E-state index contributed by atoms with van der Waals surface area (Å²) in [5.74, 6) is 0. The first-order valence-corrected chi connectivity index (χ1v) is 14.1. The lowest BCUT2D eigenvalue weighted by molar-refractivity contribution is 0.585. The van der Waals surface area contributed by atoms with Gasteiger partial charge in [0, 0.05) is 11.4 Å². The Balaban J connectivity index is 0.000000474. The van der Waals surface area contributed by atoms with Crippen molar-refractivity contribution >= 4 is 11.4 Å². The van der Waals surface area contributed by atoms with Crippen LogP contribution in [-0.4, -0.2) is 0 Å². The zero-order chi connectivity index (χ0) is 24.2. The molecule has 0 aliphatic heterocycles. The van der Waals surface area contributed by atoms with Gasteiger partial charge >= 0.3 is 0 Å². The third-order valence-corrected chi connectivity index (χ3v) is 5.75. The van der Waals surface area contributed by atoms with Crippen molar-refractivity contribution in [3.8, 4) is 0 Å². The van der Waals surface area contributed by atoms with Crippen molar-refractivity contribution in [1.29, 1.82) is 0 Å². The van der Waals surface area contributed by atoms with Crippen LogP contribution in [0.2, 0.25) is 0 Å². The predicted molar refractivity (Wildman–Crippen MR) is 153 cm³/mol. The lowest BCUT2D eigenvalue weighted by Crippen LogP contribution is -1.87. The van der Waals surface area contributed by atoms with Gasteiger partial charge in [0.25, 0.3) is 0 Å². The largest absolute Gasteiger partial charge is 0.356 e. The molecule has 0 saturated carbocycles. The number of rotatable bonds is 16. The molecule has 0 aliphatic rings. The molecule has 0 bridgehead atoms. The van der Waals surface area contributed by atoms with Gasteiger partial charge < -0.3 is 5.32 Å². The number of hydrogen-bond donors (Lipinski definition) is 1. The zero-order valence-corrected chi connectivity index (χ0v) is 22.6. The highest BCUT2D eigenvalue weighted by Gasteiger charge is 1.90. The van der Waals surface area contributed by atoms with E-state index in [1.807, 2.05) is 60.7 Å². The van der Waals surface area contributed by atoms with Crippen LogP contribution in [-0.2, 0) is 0 Å². The molecule has 2 aromatic carbocycles. The molecular weight excluding hydrogens is 398 g/mol. The third-order valence-electron chi connectivity index (χ3n) is 5.75. The van der Waals surface area contributed by atoms with E-state index in [1.165, 1.54) is 103 Å². The van der Waals surface area contributed by atoms with E-state index >= 15 is 0 Å². The minimum absolute atomic E-state index is 1.12. The van der Waals surface area contributed by atoms with Crippen LogP contribution >= 0.6 is 0 Å². The Kier molecular flexibility index (Phi) is 25.1. The minimum atomic E-state index is 1.12. The first-order chi connectivity index (χ1) is 16.3. The van der Waals surface area contributed by atoms with Crippen LogP contribution in [0.3, 0.4) is 0 Å². The standard InChI is InChI=1S/C12H11N.2C10H22/c1-3-7-11(8-4-1)13-12-9-5-2-6-10-12;2*1-3-5-7-9-10-8-6-4-2/h1-10,13H;2*3-10H2,1-2H3. The Labute approximate surface area is 207 Å². The molecule has 0 saturated heterocycles. The van der Waals surface area contributed by atoms with Gasteiger partial charge in [-0.3, -0.25) is 0 Å². The summed E-state index contributed by atoms with van der Waals surface area (Å²) in [6.45, 7) is 9.08. The number of benzene rings is 2. The fraction of sp³-hybridized carbons (Fsp3) is 0.625. The smallest absolute Gasteiger partial charge is 0.0384 e. The maximum absolute atomic E-state index is 3.30. The van der Waals surface area contributed by atoms with Gasteiger partial charge in [-0.05, 0) is 24.3 Å². The van der Waals surface area contributed by atoms with E-state index in [2.05, 4.69) is 33.0 Å². The molecule has 0 heterocycles. The van der Waals surface area contributed by atoms with Crippen molar-refractivity contribution in [2.75, 3.05) is 5.32 Å². The zero-order valence-electron chi connectivity index (χ0n) is 22.6. The van der Waals surface area contributed by atoms with Gasteiger partial charge in [0.05, 0.1) is 0 Å². The number of hydrogen-bond acceptors (Lipinski definition) is 1. The highest BCUT2D eigenvalue weighted by atomic mass is 14.9. The molecule has 188 valence electrons. The SMILES string of the molecule is CCCCCCCCCC.CCCCCCCCCC.c1ccc(Nc2ccccc2)cc1. The first kappa shape index (κ1) is 31.2. The molecule has 2 rings (SSSR count). The summed E-state index contributed by atoms with van der Waals surface area (Å²) >= 11 is 0. The molecule has 33 heavy (non-hydrogen) atoms. The summed E-state index contributed by atoms with van der Waals surface area (Å²) in [5, 5.41) is 3.30. The maximum atomic E-state index is 3.30. The fourth-order valence-corrected chi connectivity index (χ4v) is 3.62. The van der Waals surface area contributed by atoms with E-state index in [0.717, 1.165) is 11.4 Å². The van der Waals surface area contributed by atoms with Gasteiger partial charge in [-0.25, -0.2) is 0 Å². The Morgan fingerprint density at radius 2 is 0.606 bits per heavy atom. The minimum Gasteiger partial charge on any atom is -0.356 e. The molecule has 1 nitrogen and oxygen atoms in total. The summed E-state index contributed by atoms with van der Waals surface area (Å²) in [6, 6.07) is 20.3. The Bertz CT molecular complexity index is 508. The molecule has 0 fully saturated rings. The normalized spacial score (nSPS) is 9.94. The van der Waals surface area contributed by atoms with Gasteiger partial charge in [0.2, 0.25) is 0 Å². The molecule has 0 aliphatic carbocycles. The van der Waals surface area contributed by atoms with Gasteiger partial charge in [0.1, 0.15) is 0 Å². The van der Waals surface area contributed by atoms with Crippen LogP contribution in [0.1, 0.15) is 130 Å². The van der Waals surface area contributed by atoms with Gasteiger partial charge in [-0.15, -0.1) is 0 Å². The van der Waals surface area contributed by atoms with Crippen molar-refractivity contribution in [2.45, 2.75) is 130 Å². The maximum Gasteiger partial charge on any atom is 0.0384 e. The molecule has 1 heteroatoms. The highest BCUT2D eigenvalue weighted by Crippen LogP contribution is 2.14. The van der Waals surface area contributed by atoms with Crippen LogP contribution in [0.15, 0.2) is 60.7 Å². The second kappa shape index (κ2) is 26.5. The van der Waals surface area contributed by atoms with Gasteiger partial charge in [0.15, 0.2) is 0 Å². The summed E-state index contributed by atoms with van der Waals surface area (Å²) in [5.41, 5.74) is 2.24. The average Bonchev–Trinajstić information content (AvgIpc) is 2.86. The van der Waals surface area contributed by atoms with Gasteiger partial charge in [-0.1, -0.05) is 167 Å². The monoisotopic (exact) mass is 453 g/mol. The molecule has 0 aromatic heterocycles. The first-order valence-electron chi connectivity index (χ1n) is 14.1. The van der Waals surface area contributed by atoms with Crippen LogP contribution in [0, 0.1) is 0 Å². The molecule has 0 amide bonds. The second-order valence-electron chi connectivity index (χ2n) is 9.10. The second-order valence-corrected chi connectivity index (χ2v) is 9.10. The summed E-state index contributed by atoms with van der Waals surface area (Å²) < 4.78 is 0. The molecule has 1 N–H and O–H groups in total. The van der Waals surface area contributed by atoms with Gasteiger partial charge in [-0.2, -0.15) is 0 Å².